The maximum absolute atomic E-state index is 12.8. The topological polar surface area (TPSA) is 51.0 Å². The van der Waals surface area contributed by atoms with Gasteiger partial charge in [0.15, 0.2) is 5.65 Å². The van der Waals surface area contributed by atoms with Crippen molar-refractivity contribution < 1.29 is 4.79 Å². The quantitative estimate of drug-likeness (QED) is 0.704. The van der Waals surface area contributed by atoms with Gasteiger partial charge in [-0.1, -0.05) is 19.9 Å². The second-order valence-corrected chi connectivity index (χ2v) is 7.44. The van der Waals surface area contributed by atoms with E-state index in [2.05, 4.69) is 30.0 Å². The third-order valence-electron chi connectivity index (χ3n) is 4.12. The van der Waals surface area contributed by atoms with Gasteiger partial charge in [-0.3, -0.25) is 4.79 Å². The number of carbonyl (C=O) groups is 1. The van der Waals surface area contributed by atoms with E-state index in [1.54, 1.807) is 28.6 Å². The van der Waals surface area contributed by atoms with Crippen LogP contribution in [0, 0.1) is 5.92 Å². The normalized spacial score (nSPS) is 12.7. The lowest BCUT2D eigenvalue weighted by molar-refractivity contribution is 0.0744. The highest BCUT2D eigenvalue weighted by Gasteiger charge is 2.20. The summed E-state index contributed by atoms with van der Waals surface area (Å²) in [6.07, 6.45) is 3.44. The molecule has 0 radical (unpaired) electrons. The van der Waals surface area contributed by atoms with Crippen molar-refractivity contribution in [3.05, 3.63) is 46.4 Å². The van der Waals surface area contributed by atoms with E-state index in [1.807, 2.05) is 36.2 Å². The molecular formula is C18H22N4OS. The lowest BCUT2D eigenvalue weighted by atomic mass is 10.1. The summed E-state index contributed by atoms with van der Waals surface area (Å²) in [7, 11) is 1.83. The summed E-state index contributed by atoms with van der Waals surface area (Å²) in [5.41, 5.74) is 1.42. The molecule has 0 aliphatic rings. The van der Waals surface area contributed by atoms with Crippen molar-refractivity contribution in [1.82, 2.24) is 19.7 Å². The summed E-state index contributed by atoms with van der Waals surface area (Å²) in [6.45, 7) is 7.15. The number of amides is 1. The zero-order valence-electron chi connectivity index (χ0n) is 14.4. The van der Waals surface area contributed by atoms with Crippen LogP contribution in [-0.2, 0) is 6.54 Å². The minimum absolute atomic E-state index is 0.0260. The van der Waals surface area contributed by atoms with Crippen molar-refractivity contribution in [2.75, 3.05) is 7.05 Å². The van der Waals surface area contributed by atoms with Gasteiger partial charge in [0.25, 0.3) is 5.91 Å². The molecule has 1 amide bonds. The first-order chi connectivity index (χ1) is 11.5. The molecule has 24 heavy (non-hydrogen) atoms. The Morgan fingerprint density at radius 1 is 1.33 bits per heavy atom. The van der Waals surface area contributed by atoms with E-state index in [0.717, 1.165) is 17.6 Å². The third-order valence-corrected chi connectivity index (χ3v) is 5.16. The lowest BCUT2D eigenvalue weighted by Crippen LogP contribution is -2.29. The molecule has 0 aliphatic heterocycles. The fourth-order valence-electron chi connectivity index (χ4n) is 2.67. The Kier molecular flexibility index (Phi) is 4.66. The molecule has 1 atom stereocenters. The van der Waals surface area contributed by atoms with Crippen molar-refractivity contribution in [1.29, 1.82) is 0 Å². The highest BCUT2D eigenvalue weighted by molar-refractivity contribution is 7.10. The molecule has 0 bridgehead atoms. The van der Waals surface area contributed by atoms with E-state index in [0.29, 0.717) is 11.5 Å². The van der Waals surface area contributed by atoms with Crippen LogP contribution < -0.4 is 0 Å². The minimum atomic E-state index is -0.0260. The summed E-state index contributed by atoms with van der Waals surface area (Å²) in [6, 6.07) is 5.98. The van der Waals surface area contributed by atoms with Crippen molar-refractivity contribution in [3.8, 4) is 0 Å². The molecule has 3 aromatic rings. The van der Waals surface area contributed by atoms with Crippen molar-refractivity contribution in [2.45, 2.75) is 33.4 Å². The van der Waals surface area contributed by atoms with Crippen LogP contribution in [0.2, 0.25) is 0 Å². The molecule has 0 N–H and O–H groups in total. The van der Waals surface area contributed by atoms with Crippen LogP contribution in [0.4, 0.5) is 0 Å². The van der Waals surface area contributed by atoms with E-state index in [-0.39, 0.29) is 11.9 Å². The van der Waals surface area contributed by atoms with E-state index >= 15 is 0 Å². The van der Waals surface area contributed by atoms with Crippen LogP contribution in [0.3, 0.4) is 0 Å². The molecule has 0 saturated carbocycles. The Labute approximate surface area is 145 Å². The minimum Gasteiger partial charge on any atom is -0.334 e. The first kappa shape index (κ1) is 16.6. The van der Waals surface area contributed by atoms with Gasteiger partial charge in [-0.15, -0.1) is 11.3 Å². The number of pyridine rings is 1. The van der Waals surface area contributed by atoms with E-state index < -0.39 is 0 Å². The highest BCUT2D eigenvalue weighted by atomic mass is 32.1. The predicted molar refractivity (Wildman–Crippen MR) is 97.2 cm³/mol. The average Bonchev–Trinajstić information content (AvgIpc) is 3.22. The van der Waals surface area contributed by atoms with E-state index in [4.69, 9.17) is 0 Å². The lowest BCUT2D eigenvalue weighted by Gasteiger charge is -2.24. The highest BCUT2D eigenvalue weighted by Crippen LogP contribution is 2.25. The molecule has 6 heteroatoms. The molecule has 3 aromatic heterocycles. The number of carbonyl (C=O) groups excluding carboxylic acids is 1. The van der Waals surface area contributed by atoms with Gasteiger partial charge in [0.2, 0.25) is 0 Å². The van der Waals surface area contributed by atoms with Gasteiger partial charge in [0.1, 0.15) is 0 Å². The zero-order chi connectivity index (χ0) is 17.3. The molecule has 0 aliphatic carbocycles. The Balaban J connectivity index is 1.85. The molecular weight excluding hydrogens is 320 g/mol. The SMILES string of the molecule is CC(C)Cn1ncc2cc(C(=O)N(C)[C@H](C)c3cccs3)cnc21. The number of hydrogen-bond acceptors (Lipinski definition) is 4. The van der Waals surface area contributed by atoms with Crippen LogP contribution in [0.25, 0.3) is 11.0 Å². The first-order valence-corrected chi connectivity index (χ1v) is 8.97. The maximum Gasteiger partial charge on any atom is 0.255 e. The van der Waals surface area contributed by atoms with Crippen LogP contribution >= 0.6 is 11.3 Å². The molecule has 0 aromatic carbocycles. The van der Waals surface area contributed by atoms with Gasteiger partial charge in [-0.2, -0.15) is 5.10 Å². The number of rotatable bonds is 5. The van der Waals surface area contributed by atoms with Crippen molar-refractivity contribution in [3.63, 3.8) is 0 Å². The second-order valence-electron chi connectivity index (χ2n) is 6.46. The molecule has 0 saturated heterocycles. The Hall–Kier alpha value is -2.21. The molecule has 3 rings (SSSR count). The van der Waals surface area contributed by atoms with Crippen LogP contribution in [0.1, 0.15) is 42.0 Å². The van der Waals surface area contributed by atoms with Gasteiger partial charge in [-0.25, -0.2) is 9.67 Å². The summed E-state index contributed by atoms with van der Waals surface area (Å²) < 4.78 is 1.90. The fraction of sp³-hybridized carbons (Fsp3) is 0.389. The summed E-state index contributed by atoms with van der Waals surface area (Å²) in [4.78, 5) is 20.2. The summed E-state index contributed by atoms with van der Waals surface area (Å²) >= 11 is 1.66. The Morgan fingerprint density at radius 3 is 2.79 bits per heavy atom. The van der Waals surface area contributed by atoms with Crippen molar-refractivity contribution in [2.24, 2.45) is 5.92 Å². The number of fused-ring (bicyclic) bond motifs is 1. The maximum atomic E-state index is 12.8. The number of nitrogens with zero attached hydrogens (tertiary/aromatic N) is 4. The molecule has 0 fully saturated rings. The van der Waals surface area contributed by atoms with E-state index in [9.17, 15) is 4.79 Å². The van der Waals surface area contributed by atoms with Crippen molar-refractivity contribution >= 4 is 28.3 Å². The average molecular weight is 342 g/mol. The van der Waals surface area contributed by atoms with Crippen LogP contribution in [0.5, 0.6) is 0 Å². The second kappa shape index (κ2) is 6.73. The zero-order valence-corrected chi connectivity index (χ0v) is 15.2. The standard InChI is InChI=1S/C18H22N4OS/c1-12(2)11-22-17-14(10-20-22)8-15(9-19-17)18(23)21(4)13(3)16-6-5-7-24-16/h5-10,12-13H,11H2,1-4H3/t13-/m1/s1. The summed E-state index contributed by atoms with van der Waals surface area (Å²) in [5.74, 6) is 0.468. The summed E-state index contributed by atoms with van der Waals surface area (Å²) in [5, 5.41) is 7.32. The molecule has 0 spiro atoms. The number of thiophene rings is 1. The number of aromatic nitrogens is 3. The fourth-order valence-corrected chi connectivity index (χ4v) is 3.49. The van der Waals surface area contributed by atoms with Gasteiger partial charge in [0, 0.05) is 30.1 Å². The van der Waals surface area contributed by atoms with Crippen LogP contribution in [0.15, 0.2) is 36.0 Å². The first-order valence-electron chi connectivity index (χ1n) is 8.09. The van der Waals surface area contributed by atoms with Gasteiger partial charge < -0.3 is 4.90 Å². The largest absolute Gasteiger partial charge is 0.334 e. The van der Waals surface area contributed by atoms with Gasteiger partial charge >= 0.3 is 0 Å². The third kappa shape index (κ3) is 3.19. The van der Waals surface area contributed by atoms with Crippen LogP contribution in [-0.4, -0.2) is 32.6 Å². The Morgan fingerprint density at radius 2 is 2.12 bits per heavy atom. The molecule has 0 unspecified atom stereocenters. The van der Waals surface area contributed by atoms with Gasteiger partial charge in [-0.05, 0) is 30.4 Å². The smallest absolute Gasteiger partial charge is 0.255 e. The molecule has 126 valence electrons. The monoisotopic (exact) mass is 342 g/mol. The Bertz CT molecular complexity index is 838. The molecule has 5 nitrogen and oxygen atoms in total. The predicted octanol–water partition coefficient (Wildman–Crippen LogP) is 3.98. The van der Waals surface area contributed by atoms with E-state index in [1.165, 1.54) is 4.88 Å². The van der Waals surface area contributed by atoms with Gasteiger partial charge in [0.05, 0.1) is 17.8 Å². The number of hydrogen-bond donors (Lipinski definition) is 0. The molecule has 3 heterocycles.